The second kappa shape index (κ2) is 4.88. The number of amides is 1. The lowest BCUT2D eigenvalue weighted by Crippen LogP contribution is -2.44. The maximum atomic E-state index is 12.8. The minimum absolute atomic E-state index is 0.0891. The predicted octanol–water partition coefficient (Wildman–Crippen LogP) is 3.29. The first-order valence-corrected chi connectivity index (χ1v) is 7.46. The molecule has 2 aliphatic rings. The molecule has 0 bridgehead atoms. The lowest BCUT2D eigenvalue weighted by atomic mass is 10.0. The van der Waals surface area contributed by atoms with Gasteiger partial charge in [0.1, 0.15) is 6.17 Å². The van der Waals surface area contributed by atoms with Gasteiger partial charge in [-0.05, 0) is 42.7 Å². The SMILES string of the molecule is N#Cc1ccc(C2Nc3ccccc3C(=O)N2C2CC2)cc1. The summed E-state index contributed by atoms with van der Waals surface area (Å²) in [5.41, 5.74) is 3.25. The van der Waals surface area contributed by atoms with Gasteiger partial charge in [-0.1, -0.05) is 24.3 Å². The van der Waals surface area contributed by atoms with Crippen molar-refractivity contribution < 1.29 is 4.79 Å². The Hall–Kier alpha value is -2.80. The quantitative estimate of drug-likeness (QED) is 0.923. The first-order chi connectivity index (χ1) is 10.8. The van der Waals surface area contributed by atoms with Crippen LogP contribution in [0.4, 0.5) is 5.69 Å². The summed E-state index contributed by atoms with van der Waals surface area (Å²) in [6, 6.07) is 17.5. The molecule has 1 saturated carbocycles. The number of rotatable bonds is 2. The van der Waals surface area contributed by atoms with Crippen LogP contribution >= 0.6 is 0 Å². The van der Waals surface area contributed by atoms with Crippen LogP contribution in [0.1, 0.15) is 40.5 Å². The predicted molar refractivity (Wildman–Crippen MR) is 83.2 cm³/mol. The third-order valence-corrected chi connectivity index (χ3v) is 4.26. The smallest absolute Gasteiger partial charge is 0.258 e. The van der Waals surface area contributed by atoms with Gasteiger partial charge in [0.05, 0.1) is 17.2 Å². The van der Waals surface area contributed by atoms with E-state index in [4.69, 9.17) is 5.26 Å². The van der Waals surface area contributed by atoms with Gasteiger partial charge < -0.3 is 10.2 Å². The van der Waals surface area contributed by atoms with Gasteiger partial charge in [0, 0.05) is 11.7 Å². The van der Waals surface area contributed by atoms with Crippen molar-refractivity contribution in [3.05, 3.63) is 65.2 Å². The number of carbonyl (C=O) groups is 1. The largest absolute Gasteiger partial charge is 0.361 e. The van der Waals surface area contributed by atoms with Gasteiger partial charge in [-0.2, -0.15) is 5.26 Å². The fraction of sp³-hybridized carbons (Fsp3) is 0.222. The van der Waals surface area contributed by atoms with Crippen LogP contribution in [0, 0.1) is 11.3 Å². The van der Waals surface area contributed by atoms with E-state index in [-0.39, 0.29) is 12.1 Å². The van der Waals surface area contributed by atoms with E-state index < -0.39 is 0 Å². The van der Waals surface area contributed by atoms with Gasteiger partial charge in [0.25, 0.3) is 5.91 Å². The van der Waals surface area contributed by atoms with Gasteiger partial charge >= 0.3 is 0 Å². The molecule has 4 rings (SSSR count). The highest BCUT2D eigenvalue weighted by atomic mass is 16.2. The van der Waals surface area contributed by atoms with Crippen LogP contribution in [0.5, 0.6) is 0 Å². The Balaban J connectivity index is 1.76. The zero-order chi connectivity index (χ0) is 15.1. The van der Waals surface area contributed by atoms with E-state index in [2.05, 4.69) is 11.4 Å². The molecular formula is C18H15N3O. The first-order valence-electron chi connectivity index (χ1n) is 7.46. The zero-order valence-corrected chi connectivity index (χ0v) is 12.0. The number of para-hydroxylation sites is 1. The van der Waals surface area contributed by atoms with Gasteiger partial charge in [0.15, 0.2) is 0 Å². The molecule has 0 spiro atoms. The number of nitrogens with zero attached hydrogens (tertiary/aromatic N) is 2. The Morgan fingerprint density at radius 1 is 1.09 bits per heavy atom. The standard InChI is InChI=1S/C18H15N3O/c19-11-12-5-7-13(8-6-12)17-20-16-4-2-1-3-15(16)18(22)21(17)14-9-10-14/h1-8,14,17,20H,9-10H2. The van der Waals surface area contributed by atoms with Crippen LogP contribution in [0.25, 0.3) is 0 Å². The molecule has 1 fully saturated rings. The van der Waals surface area contributed by atoms with Crippen molar-refractivity contribution in [2.24, 2.45) is 0 Å². The maximum absolute atomic E-state index is 12.8. The highest BCUT2D eigenvalue weighted by molar-refractivity contribution is 6.02. The minimum Gasteiger partial charge on any atom is -0.361 e. The van der Waals surface area contributed by atoms with Crippen LogP contribution in [-0.4, -0.2) is 16.8 Å². The zero-order valence-electron chi connectivity index (χ0n) is 12.0. The number of fused-ring (bicyclic) bond motifs is 1. The van der Waals surface area contributed by atoms with Gasteiger partial charge in [-0.3, -0.25) is 4.79 Å². The number of nitriles is 1. The lowest BCUT2D eigenvalue weighted by Gasteiger charge is -2.38. The molecule has 22 heavy (non-hydrogen) atoms. The summed E-state index contributed by atoms with van der Waals surface area (Å²) in [6.07, 6.45) is 1.95. The summed E-state index contributed by atoms with van der Waals surface area (Å²) in [5, 5.41) is 12.4. The highest BCUT2D eigenvalue weighted by Crippen LogP contribution is 2.40. The third-order valence-electron chi connectivity index (χ3n) is 4.26. The number of benzene rings is 2. The van der Waals surface area contributed by atoms with Crippen LogP contribution in [0.3, 0.4) is 0 Å². The van der Waals surface area contributed by atoms with E-state index >= 15 is 0 Å². The third kappa shape index (κ3) is 2.03. The Morgan fingerprint density at radius 3 is 2.50 bits per heavy atom. The van der Waals surface area contributed by atoms with Gasteiger partial charge in [0.2, 0.25) is 0 Å². The lowest BCUT2D eigenvalue weighted by molar-refractivity contribution is 0.0666. The molecule has 2 aromatic rings. The Morgan fingerprint density at radius 2 is 1.82 bits per heavy atom. The number of nitrogens with one attached hydrogen (secondary N) is 1. The molecule has 4 nitrogen and oxygen atoms in total. The Labute approximate surface area is 129 Å². The number of carbonyl (C=O) groups excluding carboxylic acids is 1. The molecule has 1 aliphatic carbocycles. The van der Waals surface area contributed by atoms with Crippen LogP contribution in [0.2, 0.25) is 0 Å². The van der Waals surface area contributed by atoms with Crippen LogP contribution in [0.15, 0.2) is 48.5 Å². The van der Waals surface area contributed by atoms with Crippen LogP contribution in [-0.2, 0) is 0 Å². The van der Waals surface area contributed by atoms with Crippen LogP contribution < -0.4 is 5.32 Å². The molecule has 1 N–H and O–H groups in total. The molecule has 108 valence electrons. The monoisotopic (exact) mass is 289 g/mol. The fourth-order valence-electron chi connectivity index (χ4n) is 2.98. The summed E-state index contributed by atoms with van der Waals surface area (Å²) in [5.74, 6) is 0.0891. The van der Waals surface area contributed by atoms with E-state index in [1.165, 1.54) is 0 Å². The molecule has 1 heterocycles. The maximum Gasteiger partial charge on any atom is 0.258 e. The number of anilines is 1. The summed E-state index contributed by atoms with van der Waals surface area (Å²) < 4.78 is 0. The molecule has 0 aromatic heterocycles. The summed E-state index contributed by atoms with van der Waals surface area (Å²) in [4.78, 5) is 14.8. The van der Waals surface area contributed by atoms with Crippen molar-refractivity contribution >= 4 is 11.6 Å². The number of hydrogen-bond acceptors (Lipinski definition) is 3. The topological polar surface area (TPSA) is 56.1 Å². The van der Waals surface area contributed by atoms with E-state index in [0.717, 1.165) is 29.7 Å². The van der Waals surface area contributed by atoms with Gasteiger partial charge in [-0.25, -0.2) is 0 Å². The molecule has 0 saturated heterocycles. The average Bonchev–Trinajstić information content (AvgIpc) is 3.39. The van der Waals surface area contributed by atoms with Crippen molar-refractivity contribution in [2.45, 2.75) is 25.0 Å². The summed E-state index contributed by atoms with van der Waals surface area (Å²) >= 11 is 0. The average molecular weight is 289 g/mol. The van der Waals surface area contributed by atoms with E-state index in [0.29, 0.717) is 11.6 Å². The van der Waals surface area contributed by atoms with Crippen molar-refractivity contribution in [2.75, 3.05) is 5.32 Å². The molecule has 1 aliphatic heterocycles. The molecule has 1 amide bonds. The molecule has 0 radical (unpaired) electrons. The van der Waals surface area contributed by atoms with E-state index in [1.54, 1.807) is 12.1 Å². The van der Waals surface area contributed by atoms with Gasteiger partial charge in [-0.15, -0.1) is 0 Å². The Bertz CT molecular complexity index is 772. The molecule has 1 unspecified atom stereocenters. The Kier molecular flexibility index (Phi) is 2.87. The highest BCUT2D eigenvalue weighted by Gasteiger charge is 2.41. The molecule has 2 aromatic carbocycles. The normalized spacial score (nSPS) is 20.0. The minimum atomic E-state index is -0.164. The summed E-state index contributed by atoms with van der Waals surface area (Å²) in [7, 11) is 0. The fourth-order valence-corrected chi connectivity index (χ4v) is 2.98. The second-order valence-corrected chi connectivity index (χ2v) is 5.77. The first kappa shape index (κ1) is 12.9. The molecular weight excluding hydrogens is 274 g/mol. The van der Waals surface area contributed by atoms with Crippen molar-refractivity contribution in [1.29, 1.82) is 5.26 Å². The molecule has 4 heteroatoms. The van der Waals surface area contributed by atoms with E-state index in [9.17, 15) is 4.79 Å². The molecule has 1 atom stereocenters. The second-order valence-electron chi connectivity index (χ2n) is 5.77. The van der Waals surface area contributed by atoms with E-state index in [1.807, 2.05) is 41.3 Å². The van der Waals surface area contributed by atoms with Crippen molar-refractivity contribution in [3.63, 3.8) is 0 Å². The number of hydrogen-bond donors (Lipinski definition) is 1. The summed E-state index contributed by atoms with van der Waals surface area (Å²) in [6.45, 7) is 0. The van der Waals surface area contributed by atoms with Crippen molar-refractivity contribution in [3.8, 4) is 6.07 Å². The van der Waals surface area contributed by atoms with Crippen molar-refractivity contribution in [1.82, 2.24) is 4.90 Å².